The van der Waals surface area contributed by atoms with Crippen LogP contribution in [0.5, 0.6) is 0 Å². The summed E-state index contributed by atoms with van der Waals surface area (Å²) in [4.78, 5) is 40.3. The second-order valence-corrected chi connectivity index (χ2v) is 16.6. The summed E-state index contributed by atoms with van der Waals surface area (Å²) in [7, 11) is 0. The van der Waals surface area contributed by atoms with Crippen molar-refractivity contribution in [1.82, 2.24) is 4.90 Å². The molecule has 0 saturated carbocycles. The van der Waals surface area contributed by atoms with Gasteiger partial charge in [0, 0.05) is 19.8 Å². The summed E-state index contributed by atoms with van der Waals surface area (Å²) in [6.45, 7) is 3.23. The quantitative estimate of drug-likeness (QED) is 0.0275. The molecule has 1 aliphatic rings. The number of amides is 1. The van der Waals surface area contributed by atoms with Crippen LogP contribution in [0.4, 0.5) is 4.79 Å². The molecule has 66 heavy (non-hydrogen) atoms. The third-order valence-electron chi connectivity index (χ3n) is 11.6. The van der Waals surface area contributed by atoms with Gasteiger partial charge in [0.2, 0.25) is 0 Å². The van der Waals surface area contributed by atoms with Gasteiger partial charge in [0.05, 0.1) is 57.8 Å². The van der Waals surface area contributed by atoms with Crippen molar-refractivity contribution in [2.75, 3.05) is 13.2 Å². The molecular formula is C56H65NO9. The number of likely N-dealkylation sites (tertiary alicyclic amines) is 1. The van der Waals surface area contributed by atoms with Gasteiger partial charge in [-0.05, 0) is 66.3 Å². The number of esters is 1. The molecule has 0 aromatic heterocycles. The van der Waals surface area contributed by atoms with Gasteiger partial charge in [-0.3, -0.25) is 14.5 Å². The Labute approximate surface area is 390 Å². The first-order valence-electron chi connectivity index (χ1n) is 23.3. The van der Waals surface area contributed by atoms with Gasteiger partial charge in [-0.2, -0.15) is 0 Å². The zero-order chi connectivity index (χ0) is 46.0. The third kappa shape index (κ3) is 16.8. The van der Waals surface area contributed by atoms with Crippen LogP contribution in [-0.4, -0.2) is 66.4 Å². The van der Waals surface area contributed by atoms with Crippen LogP contribution in [-0.2, 0) is 71.0 Å². The lowest BCUT2D eigenvalue weighted by atomic mass is 9.98. The van der Waals surface area contributed by atoms with Crippen LogP contribution in [0.25, 0.3) is 0 Å². The molecule has 0 N–H and O–H groups in total. The van der Waals surface area contributed by atoms with Gasteiger partial charge in [-0.1, -0.05) is 164 Å². The molecule has 1 fully saturated rings. The molecule has 10 heteroatoms. The molecule has 0 unspecified atom stereocenters. The first-order chi connectivity index (χ1) is 32.4. The lowest BCUT2D eigenvalue weighted by Gasteiger charge is -2.35. The predicted molar refractivity (Wildman–Crippen MR) is 255 cm³/mol. The Bertz CT molecular complexity index is 2150. The van der Waals surface area contributed by atoms with Gasteiger partial charge < -0.3 is 28.4 Å². The van der Waals surface area contributed by atoms with Gasteiger partial charge >= 0.3 is 12.1 Å². The third-order valence-corrected chi connectivity index (χ3v) is 11.6. The normalized spacial score (nSPS) is 17.4. The lowest BCUT2D eigenvalue weighted by molar-refractivity contribution is -0.141. The fourth-order valence-corrected chi connectivity index (χ4v) is 8.18. The minimum Gasteiger partial charge on any atom is -0.466 e. The molecule has 5 aromatic rings. The summed E-state index contributed by atoms with van der Waals surface area (Å²) in [5.41, 5.74) is 4.89. The fraction of sp³-hybridized carbons (Fsp3) is 0.375. The predicted octanol–water partition coefficient (Wildman–Crippen LogP) is 11.2. The van der Waals surface area contributed by atoms with Crippen LogP contribution in [0.15, 0.2) is 164 Å². The highest BCUT2D eigenvalue weighted by molar-refractivity contribution is 5.78. The fourth-order valence-electron chi connectivity index (χ4n) is 8.18. The van der Waals surface area contributed by atoms with Crippen molar-refractivity contribution in [3.05, 3.63) is 192 Å². The smallest absolute Gasteiger partial charge is 0.410 e. The molecule has 0 radical (unpaired) electrons. The number of unbranched alkanes of at least 4 members (excludes halogenated alkanes) is 2. The number of carbonyl (C=O) groups excluding carboxylic acids is 3. The Kier molecular flexibility index (Phi) is 21.2. The molecule has 5 aromatic carbocycles. The van der Waals surface area contributed by atoms with E-state index in [0.29, 0.717) is 65.0 Å². The Hall–Kier alpha value is -5.91. The van der Waals surface area contributed by atoms with E-state index in [0.717, 1.165) is 40.7 Å². The van der Waals surface area contributed by atoms with Gasteiger partial charge in [-0.15, -0.1) is 0 Å². The summed E-state index contributed by atoms with van der Waals surface area (Å²) in [6, 6.07) is 48.5. The molecule has 0 bridgehead atoms. The summed E-state index contributed by atoms with van der Waals surface area (Å²) in [6.07, 6.45) is 7.00. The van der Waals surface area contributed by atoms with E-state index < -0.39 is 36.5 Å². The van der Waals surface area contributed by atoms with Gasteiger partial charge in [-0.25, -0.2) is 4.79 Å². The number of carbonyl (C=O) groups is 3. The first-order valence-corrected chi connectivity index (χ1v) is 23.3. The average Bonchev–Trinajstić information content (AvgIpc) is 3.66. The van der Waals surface area contributed by atoms with Crippen molar-refractivity contribution < 1.29 is 42.8 Å². The molecule has 10 nitrogen and oxygen atoms in total. The minimum absolute atomic E-state index is 0.0860. The van der Waals surface area contributed by atoms with Crippen LogP contribution in [0, 0.1) is 0 Å². The Morgan fingerprint density at radius 2 is 1.05 bits per heavy atom. The number of Topliss-reactive ketones (excluding diaryl/α,β-unsaturated/α-hetero) is 1. The van der Waals surface area contributed by atoms with E-state index in [1.54, 1.807) is 4.90 Å². The van der Waals surface area contributed by atoms with Gasteiger partial charge in [0.25, 0.3) is 0 Å². The van der Waals surface area contributed by atoms with Crippen molar-refractivity contribution in [2.24, 2.45) is 0 Å². The summed E-state index contributed by atoms with van der Waals surface area (Å²) in [5.74, 6) is -0.103. The highest BCUT2D eigenvalue weighted by atomic mass is 16.6. The SMILES string of the molecule is CC(=O)OCCCCC(=O)CC/C=C/CCC[C@@H](OCc1ccccc1)[C@@H]1[C@@H](OCc2ccccc2)[C@H](OCc2ccccc2)[C@@H](COCc2ccccc2)N1C(=O)OCc1ccccc1. The standard InChI is InChI=1S/C56H65NO9/c1-44(58)62-37-23-22-35-50(59)34-20-3-2-4-21-36-52(63-39-46-26-12-6-13-27-46)53-55(65-41-48-30-16-8-17-31-48)54(64-40-47-28-14-7-15-29-47)51(43-61-38-45-24-10-5-11-25-45)57(53)56(60)66-42-49-32-18-9-19-33-49/h2-3,5-19,24-33,51-55H,4,20-23,34-43H2,1H3/b3-2+/t51-,52-,53-,54-,55-/m1/s1. The van der Waals surface area contributed by atoms with Crippen molar-refractivity contribution in [2.45, 2.75) is 122 Å². The van der Waals surface area contributed by atoms with E-state index >= 15 is 0 Å². The van der Waals surface area contributed by atoms with Crippen LogP contribution in [0.1, 0.15) is 86.1 Å². The molecule has 1 saturated heterocycles. The number of nitrogens with zero attached hydrogens (tertiary/aromatic N) is 1. The lowest BCUT2D eigenvalue weighted by Crippen LogP contribution is -2.52. The molecule has 1 aliphatic heterocycles. The van der Waals surface area contributed by atoms with E-state index in [4.69, 9.17) is 28.4 Å². The molecule has 6 rings (SSSR count). The summed E-state index contributed by atoms with van der Waals surface area (Å²) in [5, 5.41) is 0. The van der Waals surface area contributed by atoms with E-state index in [1.165, 1.54) is 6.92 Å². The molecule has 0 spiro atoms. The Morgan fingerprint density at radius 3 is 1.61 bits per heavy atom. The molecular weight excluding hydrogens is 831 g/mol. The van der Waals surface area contributed by atoms with Gasteiger partial charge in [0.15, 0.2) is 0 Å². The van der Waals surface area contributed by atoms with Crippen molar-refractivity contribution in [1.29, 1.82) is 0 Å². The minimum atomic E-state index is -0.639. The van der Waals surface area contributed by atoms with Crippen LogP contribution < -0.4 is 0 Å². The number of hydrogen-bond donors (Lipinski definition) is 0. The summed E-state index contributed by atoms with van der Waals surface area (Å²) >= 11 is 0. The van der Waals surface area contributed by atoms with Crippen molar-refractivity contribution >= 4 is 17.8 Å². The van der Waals surface area contributed by atoms with E-state index in [9.17, 15) is 14.4 Å². The van der Waals surface area contributed by atoms with Crippen LogP contribution in [0.3, 0.4) is 0 Å². The van der Waals surface area contributed by atoms with E-state index in [2.05, 4.69) is 12.2 Å². The average molecular weight is 896 g/mol. The maximum atomic E-state index is 14.9. The maximum Gasteiger partial charge on any atom is 0.410 e. The van der Waals surface area contributed by atoms with E-state index in [-0.39, 0.29) is 31.6 Å². The number of allylic oxidation sites excluding steroid dienone is 2. The monoisotopic (exact) mass is 895 g/mol. The number of ether oxygens (including phenoxy) is 6. The highest BCUT2D eigenvalue weighted by Gasteiger charge is 2.56. The zero-order valence-electron chi connectivity index (χ0n) is 38.2. The molecule has 1 amide bonds. The number of ketones is 1. The van der Waals surface area contributed by atoms with E-state index in [1.807, 2.05) is 152 Å². The van der Waals surface area contributed by atoms with Crippen LogP contribution >= 0.6 is 0 Å². The number of hydrogen-bond acceptors (Lipinski definition) is 9. The summed E-state index contributed by atoms with van der Waals surface area (Å²) < 4.78 is 38.7. The van der Waals surface area contributed by atoms with Crippen molar-refractivity contribution in [3.63, 3.8) is 0 Å². The van der Waals surface area contributed by atoms with Crippen molar-refractivity contribution in [3.8, 4) is 0 Å². The molecule has 5 atom stereocenters. The maximum absolute atomic E-state index is 14.9. The Balaban J connectivity index is 1.28. The second-order valence-electron chi connectivity index (χ2n) is 16.6. The topological polar surface area (TPSA) is 110 Å². The Morgan fingerprint density at radius 1 is 0.545 bits per heavy atom. The van der Waals surface area contributed by atoms with Crippen LogP contribution in [0.2, 0.25) is 0 Å². The number of rotatable bonds is 28. The first kappa shape index (κ1) is 49.5. The molecule has 0 aliphatic carbocycles. The number of benzene rings is 5. The molecule has 348 valence electrons. The highest BCUT2D eigenvalue weighted by Crippen LogP contribution is 2.37. The largest absolute Gasteiger partial charge is 0.466 e. The van der Waals surface area contributed by atoms with Gasteiger partial charge in [0.1, 0.15) is 24.6 Å². The zero-order valence-corrected chi connectivity index (χ0v) is 38.2. The molecule has 1 heterocycles. The second kappa shape index (κ2) is 28.2.